The minimum Gasteiger partial charge on any atom is -0.494 e. The maximum Gasteiger partial charge on any atom is 0.272 e. The minimum atomic E-state index is -0.724. The molecule has 0 unspecified atom stereocenters. The van der Waals surface area contributed by atoms with Crippen molar-refractivity contribution in [2.45, 2.75) is 19.8 Å². The van der Waals surface area contributed by atoms with E-state index in [9.17, 15) is 18.8 Å². The van der Waals surface area contributed by atoms with E-state index in [1.807, 2.05) is 0 Å². The van der Waals surface area contributed by atoms with Gasteiger partial charge in [0, 0.05) is 12.0 Å². The summed E-state index contributed by atoms with van der Waals surface area (Å²) in [7, 11) is 0. The summed E-state index contributed by atoms with van der Waals surface area (Å²) in [5.41, 5.74) is 4.84. The number of ketones is 1. The lowest BCUT2D eigenvalue weighted by Crippen LogP contribution is -2.41. The van der Waals surface area contributed by atoms with Gasteiger partial charge in [0.05, 0.1) is 12.2 Å². The van der Waals surface area contributed by atoms with E-state index in [2.05, 4.69) is 10.9 Å². The Labute approximate surface area is 150 Å². The van der Waals surface area contributed by atoms with E-state index in [4.69, 9.17) is 4.74 Å². The van der Waals surface area contributed by atoms with Crippen LogP contribution in [0.15, 0.2) is 48.5 Å². The third-order valence-electron chi connectivity index (χ3n) is 3.51. The van der Waals surface area contributed by atoms with Crippen LogP contribution >= 0.6 is 0 Å². The molecule has 2 rings (SSSR count). The summed E-state index contributed by atoms with van der Waals surface area (Å²) < 4.78 is 18.9. The van der Waals surface area contributed by atoms with Crippen LogP contribution in [0, 0.1) is 5.82 Å². The quantitative estimate of drug-likeness (QED) is 0.453. The van der Waals surface area contributed by atoms with Crippen LogP contribution in [0.4, 0.5) is 4.39 Å². The third kappa shape index (κ3) is 5.70. The molecule has 136 valence electrons. The second-order valence-electron chi connectivity index (χ2n) is 5.51. The van der Waals surface area contributed by atoms with Crippen molar-refractivity contribution in [1.29, 1.82) is 0 Å². The van der Waals surface area contributed by atoms with E-state index in [-0.39, 0.29) is 17.8 Å². The summed E-state index contributed by atoms with van der Waals surface area (Å²) in [6.45, 7) is 1.79. The molecular weight excluding hydrogens is 339 g/mol. The molecule has 0 radical (unpaired) electrons. The third-order valence-corrected chi connectivity index (χ3v) is 3.51. The first-order chi connectivity index (χ1) is 12.5. The number of benzene rings is 2. The number of hydrogen-bond acceptors (Lipinski definition) is 4. The highest BCUT2D eigenvalue weighted by atomic mass is 19.1. The first-order valence-electron chi connectivity index (χ1n) is 8.05. The van der Waals surface area contributed by atoms with Gasteiger partial charge in [-0.05, 0) is 49.7 Å². The maximum absolute atomic E-state index is 13.4. The largest absolute Gasteiger partial charge is 0.494 e. The number of ether oxygens (including phenoxy) is 1. The van der Waals surface area contributed by atoms with Gasteiger partial charge in [0.25, 0.3) is 5.91 Å². The standard InChI is InChI=1S/C19H19FN2O4/c1-13(23)14-8-10-15(11-9-14)26-12-4-7-18(24)21-22-19(25)16-5-2-3-6-17(16)20/h2-3,5-6,8-11H,4,7,12H2,1H3,(H,21,24)(H,22,25). The fourth-order valence-corrected chi connectivity index (χ4v) is 2.11. The number of nitrogens with one attached hydrogen (secondary N) is 2. The highest BCUT2D eigenvalue weighted by molar-refractivity contribution is 5.95. The molecule has 6 nitrogen and oxygen atoms in total. The second-order valence-corrected chi connectivity index (χ2v) is 5.51. The average Bonchev–Trinajstić information content (AvgIpc) is 2.64. The van der Waals surface area contributed by atoms with Gasteiger partial charge >= 0.3 is 0 Å². The molecule has 0 aliphatic heterocycles. The highest BCUT2D eigenvalue weighted by Gasteiger charge is 2.11. The molecule has 0 saturated heterocycles. The van der Waals surface area contributed by atoms with Crippen molar-refractivity contribution in [2.24, 2.45) is 0 Å². The molecule has 0 aliphatic rings. The maximum atomic E-state index is 13.4. The molecule has 2 N–H and O–H groups in total. The van der Waals surface area contributed by atoms with Crippen LogP contribution in [0.1, 0.15) is 40.5 Å². The monoisotopic (exact) mass is 358 g/mol. The number of hydrazine groups is 1. The molecule has 7 heteroatoms. The minimum absolute atomic E-state index is 0.0225. The Kier molecular flexibility index (Phi) is 6.84. The Morgan fingerprint density at radius 2 is 1.69 bits per heavy atom. The summed E-state index contributed by atoms with van der Waals surface area (Å²) in [5, 5.41) is 0. The predicted molar refractivity (Wildman–Crippen MR) is 93.2 cm³/mol. The molecule has 2 aromatic carbocycles. The van der Waals surface area contributed by atoms with Crippen molar-refractivity contribution in [3.8, 4) is 5.75 Å². The smallest absolute Gasteiger partial charge is 0.272 e. The molecule has 26 heavy (non-hydrogen) atoms. The van der Waals surface area contributed by atoms with Crippen LogP contribution in [0.5, 0.6) is 5.75 Å². The summed E-state index contributed by atoms with van der Waals surface area (Å²) in [4.78, 5) is 34.6. The van der Waals surface area contributed by atoms with E-state index in [1.165, 1.54) is 25.1 Å². The van der Waals surface area contributed by atoms with Gasteiger partial charge in [-0.2, -0.15) is 0 Å². The Morgan fingerprint density at radius 1 is 1.00 bits per heavy atom. The zero-order chi connectivity index (χ0) is 18.9. The number of carbonyl (C=O) groups is 3. The van der Waals surface area contributed by atoms with Crippen molar-refractivity contribution in [2.75, 3.05) is 6.61 Å². The first-order valence-corrected chi connectivity index (χ1v) is 8.05. The molecule has 0 fully saturated rings. The average molecular weight is 358 g/mol. The predicted octanol–water partition coefficient (Wildman–Crippen LogP) is 2.65. The van der Waals surface area contributed by atoms with Crippen LogP contribution in [-0.4, -0.2) is 24.2 Å². The summed E-state index contributed by atoms with van der Waals surface area (Å²) in [5.74, 6) is -1.22. The van der Waals surface area contributed by atoms with Gasteiger partial charge in [0.1, 0.15) is 11.6 Å². The number of hydrogen-bond donors (Lipinski definition) is 2. The van der Waals surface area contributed by atoms with Crippen molar-refractivity contribution in [3.63, 3.8) is 0 Å². The van der Waals surface area contributed by atoms with E-state index in [0.717, 1.165) is 6.07 Å². The van der Waals surface area contributed by atoms with Crippen LogP contribution in [0.2, 0.25) is 0 Å². The van der Waals surface area contributed by atoms with Crippen LogP contribution in [-0.2, 0) is 4.79 Å². The Hall–Kier alpha value is -3.22. The van der Waals surface area contributed by atoms with Gasteiger partial charge in [0.15, 0.2) is 5.78 Å². The van der Waals surface area contributed by atoms with E-state index in [0.29, 0.717) is 24.3 Å². The molecule has 0 aliphatic carbocycles. The number of Topliss-reactive ketones (excluding diaryl/α,β-unsaturated/α-hetero) is 1. The van der Waals surface area contributed by atoms with Gasteiger partial charge in [-0.1, -0.05) is 12.1 Å². The van der Waals surface area contributed by atoms with E-state index < -0.39 is 17.6 Å². The summed E-state index contributed by atoms with van der Waals surface area (Å²) >= 11 is 0. The normalized spacial score (nSPS) is 10.1. The zero-order valence-electron chi connectivity index (χ0n) is 14.3. The lowest BCUT2D eigenvalue weighted by atomic mass is 10.1. The van der Waals surface area contributed by atoms with Gasteiger partial charge < -0.3 is 4.74 Å². The van der Waals surface area contributed by atoms with Gasteiger partial charge in [0.2, 0.25) is 5.91 Å². The van der Waals surface area contributed by atoms with Crippen molar-refractivity contribution in [3.05, 3.63) is 65.5 Å². The summed E-state index contributed by atoms with van der Waals surface area (Å²) in [6, 6.07) is 12.2. The van der Waals surface area contributed by atoms with Crippen molar-refractivity contribution >= 4 is 17.6 Å². The van der Waals surface area contributed by atoms with Gasteiger partial charge in [-0.25, -0.2) is 4.39 Å². The van der Waals surface area contributed by atoms with E-state index >= 15 is 0 Å². The lowest BCUT2D eigenvalue weighted by molar-refractivity contribution is -0.122. The number of carbonyl (C=O) groups excluding carboxylic acids is 3. The second kappa shape index (κ2) is 9.31. The molecule has 2 amide bonds. The topological polar surface area (TPSA) is 84.5 Å². The lowest BCUT2D eigenvalue weighted by Gasteiger charge is -2.09. The van der Waals surface area contributed by atoms with Gasteiger partial charge in [-0.15, -0.1) is 0 Å². The van der Waals surface area contributed by atoms with E-state index in [1.54, 1.807) is 24.3 Å². The summed E-state index contributed by atoms with van der Waals surface area (Å²) in [6.07, 6.45) is 0.555. The number of amides is 2. The fraction of sp³-hybridized carbons (Fsp3) is 0.211. The van der Waals surface area contributed by atoms with Crippen molar-refractivity contribution in [1.82, 2.24) is 10.9 Å². The van der Waals surface area contributed by atoms with Crippen LogP contribution in [0.3, 0.4) is 0 Å². The first kappa shape index (κ1) is 19.1. The SMILES string of the molecule is CC(=O)c1ccc(OCCCC(=O)NNC(=O)c2ccccc2F)cc1. The molecule has 0 spiro atoms. The molecular formula is C19H19FN2O4. The number of halogens is 1. The molecule has 0 aromatic heterocycles. The zero-order valence-corrected chi connectivity index (χ0v) is 14.3. The van der Waals surface area contributed by atoms with Crippen LogP contribution in [0.25, 0.3) is 0 Å². The molecule has 2 aromatic rings. The van der Waals surface area contributed by atoms with Crippen molar-refractivity contribution < 1.29 is 23.5 Å². The highest BCUT2D eigenvalue weighted by Crippen LogP contribution is 2.13. The molecule has 0 atom stereocenters. The Balaban J connectivity index is 1.66. The van der Waals surface area contributed by atoms with Crippen LogP contribution < -0.4 is 15.6 Å². The molecule has 0 bridgehead atoms. The van der Waals surface area contributed by atoms with Gasteiger partial charge in [-0.3, -0.25) is 25.2 Å². The Bertz CT molecular complexity index is 790. The Morgan fingerprint density at radius 3 is 2.35 bits per heavy atom. The molecule has 0 saturated carbocycles. The fourth-order valence-electron chi connectivity index (χ4n) is 2.11. The number of rotatable bonds is 7. The molecule has 0 heterocycles.